The van der Waals surface area contributed by atoms with Crippen LogP contribution in [-0.2, 0) is 29.0 Å². The van der Waals surface area contributed by atoms with Gasteiger partial charge >= 0.3 is 0 Å². The molecule has 0 aliphatic carbocycles. The molecule has 2 aromatic heterocycles. The number of hydrogen-bond donors (Lipinski definition) is 1. The smallest absolute Gasteiger partial charge is 0.249 e. The molecule has 4 rings (SSSR count). The minimum atomic E-state index is -0.344. The van der Waals surface area contributed by atoms with Crippen molar-refractivity contribution in [1.82, 2.24) is 9.88 Å². The Morgan fingerprint density at radius 3 is 2.81 bits per heavy atom. The molecule has 3 heterocycles. The Labute approximate surface area is 194 Å². The molecule has 0 unspecified atom stereocenters. The van der Waals surface area contributed by atoms with E-state index in [1.54, 1.807) is 23.2 Å². The molecule has 8 heteroatoms. The van der Waals surface area contributed by atoms with Gasteiger partial charge in [0.2, 0.25) is 11.8 Å². The molecule has 0 radical (unpaired) electrons. The molecule has 0 atom stereocenters. The lowest BCUT2D eigenvalue weighted by atomic mass is 10.0. The fraction of sp³-hybridized carbons (Fsp3) is 0.167. The van der Waals surface area contributed by atoms with Crippen LogP contribution in [0, 0.1) is 11.3 Å². The average Bonchev–Trinajstić information content (AvgIpc) is 3.15. The molecule has 160 valence electrons. The van der Waals surface area contributed by atoms with Crippen LogP contribution in [0.15, 0.2) is 54.7 Å². The van der Waals surface area contributed by atoms with E-state index in [0.717, 1.165) is 21.7 Å². The summed E-state index contributed by atoms with van der Waals surface area (Å²) in [6.45, 7) is 0.954. The predicted molar refractivity (Wildman–Crippen MR) is 125 cm³/mol. The molecule has 3 aromatic rings. The van der Waals surface area contributed by atoms with Gasteiger partial charge in [-0.2, -0.15) is 5.26 Å². The number of rotatable bonds is 5. The topological polar surface area (TPSA) is 86.1 Å². The predicted octanol–water partition coefficient (Wildman–Crippen LogP) is 4.45. The van der Waals surface area contributed by atoms with Crippen LogP contribution in [-0.4, -0.2) is 28.2 Å². The number of benzene rings is 1. The van der Waals surface area contributed by atoms with E-state index in [-0.39, 0.29) is 18.2 Å². The molecule has 2 amide bonds. The molecule has 0 bridgehead atoms. The fourth-order valence-corrected chi connectivity index (χ4v) is 4.94. The van der Waals surface area contributed by atoms with Gasteiger partial charge in [0.25, 0.3) is 0 Å². The lowest BCUT2D eigenvalue weighted by molar-refractivity contribution is -0.131. The van der Waals surface area contributed by atoms with Gasteiger partial charge in [-0.3, -0.25) is 14.6 Å². The summed E-state index contributed by atoms with van der Waals surface area (Å²) in [6.07, 6.45) is 5.51. The number of hydrogen-bond acceptors (Lipinski definition) is 5. The maximum Gasteiger partial charge on any atom is 0.249 e. The van der Waals surface area contributed by atoms with Gasteiger partial charge in [-0.25, -0.2) is 0 Å². The van der Waals surface area contributed by atoms with Crippen LogP contribution in [0.5, 0.6) is 0 Å². The molecule has 0 fully saturated rings. The number of nitrogens with one attached hydrogen (secondary N) is 1. The number of pyridine rings is 1. The second-order valence-corrected chi connectivity index (χ2v) is 8.74. The lowest BCUT2D eigenvalue weighted by Gasteiger charge is -2.27. The number of fused-ring (bicyclic) bond motifs is 1. The van der Waals surface area contributed by atoms with E-state index in [1.807, 2.05) is 36.4 Å². The molecule has 0 spiro atoms. The fourth-order valence-electron chi connectivity index (χ4n) is 3.52. The Balaban J connectivity index is 1.46. The summed E-state index contributed by atoms with van der Waals surface area (Å²) in [5.74, 6) is -0.349. The highest BCUT2D eigenvalue weighted by atomic mass is 35.5. The minimum absolute atomic E-state index is 0.00508. The zero-order chi connectivity index (χ0) is 22.5. The third-order valence-electron chi connectivity index (χ3n) is 5.14. The Kier molecular flexibility index (Phi) is 6.64. The van der Waals surface area contributed by atoms with Gasteiger partial charge in [-0.15, -0.1) is 11.3 Å². The van der Waals surface area contributed by atoms with Gasteiger partial charge in [0, 0.05) is 34.4 Å². The second-order valence-electron chi connectivity index (χ2n) is 7.23. The van der Waals surface area contributed by atoms with Gasteiger partial charge < -0.3 is 10.2 Å². The first-order chi connectivity index (χ1) is 15.5. The van der Waals surface area contributed by atoms with Crippen molar-refractivity contribution in [1.29, 1.82) is 5.26 Å². The van der Waals surface area contributed by atoms with Gasteiger partial charge in [0.1, 0.15) is 11.1 Å². The number of nitrogens with zero attached hydrogens (tertiary/aromatic N) is 3. The first-order valence-corrected chi connectivity index (χ1v) is 11.2. The Morgan fingerprint density at radius 2 is 2.06 bits per heavy atom. The van der Waals surface area contributed by atoms with E-state index in [1.165, 1.54) is 17.4 Å². The van der Waals surface area contributed by atoms with Gasteiger partial charge in [-0.1, -0.05) is 35.9 Å². The number of halogens is 1. The number of carbonyl (C=O) groups excluding carboxylic acids is 2. The third-order valence-corrected chi connectivity index (χ3v) is 6.61. The molecule has 1 aliphatic heterocycles. The van der Waals surface area contributed by atoms with Crippen molar-refractivity contribution in [3.05, 3.63) is 87.0 Å². The first kappa shape index (κ1) is 21.8. The summed E-state index contributed by atoms with van der Waals surface area (Å²) < 4.78 is 0. The number of amides is 2. The van der Waals surface area contributed by atoms with Gasteiger partial charge in [0.05, 0.1) is 18.5 Å². The Hall–Kier alpha value is -3.47. The molecule has 0 saturated carbocycles. The summed E-state index contributed by atoms with van der Waals surface area (Å²) in [5.41, 5.74) is 2.84. The standard InChI is InChI=1S/C24H19ClN4O2S/c25-20-7-2-1-5-16(20)8-9-22(30)28-24-19(14-26)18-10-12-29(15-21(18)32-24)23(31)13-17-6-3-4-11-27-17/h1-9,11H,10,12-13,15H2,(H,28,30)/b9-8+. The zero-order valence-corrected chi connectivity index (χ0v) is 18.6. The number of anilines is 1. The van der Waals surface area contributed by atoms with E-state index in [9.17, 15) is 14.9 Å². The maximum absolute atomic E-state index is 12.7. The largest absolute Gasteiger partial charge is 0.337 e. The van der Waals surface area contributed by atoms with E-state index in [2.05, 4.69) is 16.4 Å². The summed E-state index contributed by atoms with van der Waals surface area (Å²) in [6, 6.07) is 14.9. The molecular weight excluding hydrogens is 444 g/mol. The third kappa shape index (κ3) is 4.88. The molecule has 0 saturated heterocycles. The van der Waals surface area contributed by atoms with Crippen LogP contribution in [0.1, 0.15) is 27.3 Å². The normalized spacial score (nSPS) is 12.9. The second kappa shape index (κ2) is 9.77. The van der Waals surface area contributed by atoms with E-state index < -0.39 is 0 Å². The van der Waals surface area contributed by atoms with Crippen LogP contribution in [0.25, 0.3) is 6.08 Å². The van der Waals surface area contributed by atoms with Crippen LogP contribution < -0.4 is 5.32 Å². The van der Waals surface area contributed by atoms with Crippen molar-refractivity contribution >= 4 is 45.8 Å². The number of thiophene rings is 1. The van der Waals surface area contributed by atoms with Crippen molar-refractivity contribution < 1.29 is 9.59 Å². The first-order valence-electron chi connectivity index (χ1n) is 10.0. The van der Waals surface area contributed by atoms with E-state index in [0.29, 0.717) is 35.1 Å². The van der Waals surface area contributed by atoms with Crippen molar-refractivity contribution in [3.63, 3.8) is 0 Å². The maximum atomic E-state index is 12.7. The van der Waals surface area contributed by atoms with Crippen molar-refractivity contribution in [2.75, 3.05) is 11.9 Å². The van der Waals surface area contributed by atoms with Crippen LogP contribution in [0.4, 0.5) is 5.00 Å². The summed E-state index contributed by atoms with van der Waals surface area (Å²) in [7, 11) is 0. The Bertz CT molecular complexity index is 1230. The van der Waals surface area contributed by atoms with Crippen LogP contribution in [0.3, 0.4) is 0 Å². The van der Waals surface area contributed by atoms with E-state index >= 15 is 0 Å². The Morgan fingerprint density at radius 1 is 1.25 bits per heavy atom. The molecule has 1 aliphatic rings. The summed E-state index contributed by atoms with van der Waals surface area (Å²) in [5, 5.41) is 13.5. The molecule has 32 heavy (non-hydrogen) atoms. The molecule has 6 nitrogen and oxygen atoms in total. The SMILES string of the molecule is N#Cc1c(NC(=O)/C=C/c2ccccc2Cl)sc2c1CCN(C(=O)Cc1ccccn1)C2. The quantitative estimate of drug-likeness (QED) is 0.567. The molecule has 1 aromatic carbocycles. The number of carbonyl (C=O) groups is 2. The highest BCUT2D eigenvalue weighted by Gasteiger charge is 2.27. The minimum Gasteiger partial charge on any atom is -0.337 e. The monoisotopic (exact) mass is 462 g/mol. The summed E-state index contributed by atoms with van der Waals surface area (Å²) >= 11 is 7.46. The van der Waals surface area contributed by atoms with Gasteiger partial charge in [-0.05, 0) is 41.8 Å². The molecule has 1 N–H and O–H groups in total. The lowest BCUT2D eigenvalue weighted by Crippen LogP contribution is -2.36. The highest BCUT2D eigenvalue weighted by molar-refractivity contribution is 7.16. The molecular formula is C24H19ClN4O2S. The summed E-state index contributed by atoms with van der Waals surface area (Å²) in [4.78, 5) is 32.1. The number of aromatic nitrogens is 1. The van der Waals surface area contributed by atoms with E-state index in [4.69, 9.17) is 11.6 Å². The number of nitriles is 1. The van der Waals surface area contributed by atoms with Crippen molar-refractivity contribution in [3.8, 4) is 6.07 Å². The van der Waals surface area contributed by atoms with Crippen molar-refractivity contribution in [2.24, 2.45) is 0 Å². The average molecular weight is 463 g/mol. The van der Waals surface area contributed by atoms with Gasteiger partial charge in [0.15, 0.2) is 0 Å². The van der Waals surface area contributed by atoms with Crippen molar-refractivity contribution in [2.45, 2.75) is 19.4 Å². The van der Waals surface area contributed by atoms with Crippen LogP contribution in [0.2, 0.25) is 5.02 Å². The highest BCUT2D eigenvalue weighted by Crippen LogP contribution is 2.36. The zero-order valence-electron chi connectivity index (χ0n) is 17.0. The van der Waals surface area contributed by atoms with Crippen LogP contribution >= 0.6 is 22.9 Å².